The van der Waals surface area contributed by atoms with Crippen molar-refractivity contribution in [2.24, 2.45) is 0 Å². The van der Waals surface area contributed by atoms with E-state index in [0.29, 0.717) is 5.01 Å². The zero-order chi connectivity index (χ0) is 15.1. The second-order valence-electron chi connectivity index (χ2n) is 4.23. The Morgan fingerprint density at radius 2 is 2.10 bits per heavy atom. The molecule has 0 saturated carbocycles. The molecule has 0 radical (unpaired) electrons. The first-order chi connectivity index (χ1) is 10.1. The van der Waals surface area contributed by atoms with Crippen LogP contribution in [0.4, 0.5) is 4.79 Å². The van der Waals surface area contributed by atoms with Gasteiger partial charge in [-0.15, -0.1) is 11.3 Å². The molecule has 0 spiro atoms. The number of nitrogens with zero attached hydrogens (tertiary/aromatic N) is 1. The number of aliphatic carboxylic acids is 1. The van der Waals surface area contributed by atoms with E-state index in [-0.39, 0.29) is 13.0 Å². The molecule has 2 N–H and O–H groups in total. The predicted molar refractivity (Wildman–Crippen MR) is 76.9 cm³/mol. The maximum atomic E-state index is 11.8. The average molecular weight is 306 g/mol. The van der Waals surface area contributed by atoms with Gasteiger partial charge in [0.15, 0.2) is 0 Å². The molecule has 110 valence electrons. The maximum Gasteiger partial charge on any atom is 0.408 e. The second-order valence-corrected chi connectivity index (χ2v) is 5.15. The standard InChI is InChI=1S/C14H14N2O4S/c17-12(18)8-11(13-15-6-7-21-13)16-14(19)20-9-10-4-2-1-3-5-10/h1-7,11H,8-9H2,(H,16,19)(H,17,18). The van der Waals surface area contributed by atoms with E-state index < -0.39 is 18.1 Å². The summed E-state index contributed by atoms with van der Waals surface area (Å²) in [6.45, 7) is 0.129. The van der Waals surface area contributed by atoms with Gasteiger partial charge in [0, 0.05) is 11.6 Å². The fourth-order valence-electron chi connectivity index (χ4n) is 1.69. The van der Waals surface area contributed by atoms with E-state index in [1.807, 2.05) is 30.3 Å². The van der Waals surface area contributed by atoms with Crippen LogP contribution in [0.1, 0.15) is 23.0 Å². The molecule has 7 heteroatoms. The number of nitrogens with one attached hydrogen (secondary N) is 1. The van der Waals surface area contributed by atoms with Crippen molar-refractivity contribution in [1.82, 2.24) is 10.3 Å². The Morgan fingerprint density at radius 1 is 1.33 bits per heavy atom. The third-order valence-electron chi connectivity index (χ3n) is 2.63. The van der Waals surface area contributed by atoms with Gasteiger partial charge in [-0.2, -0.15) is 0 Å². The number of carbonyl (C=O) groups is 2. The first-order valence-corrected chi connectivity index (χ1v) is 7.11. The summed E-state index contributed by atoms with van der Waals surface area (Å²) >= 11 is 1.28. The molecule has 1 unspecified atom stereocenters. The van der Waals surface area contributed by atoms with Crippen LogP contribution < -0.4 is 5.32 Å². The third-order valence-corrected chi connectivity index (χ3v) is 3.52. The Morgan fingerprint density at radius 3 is 2.71 bits per heavy atom. The van der Waals surface area contributed by atoms with Crippen LogP contribution >= 0.6 is 11.3 Å². The van der Waals surface area contributed by atoms with Gasteiger partial charge in [-0.05, 0) is 5.56 Å². The van der Waals surface area contributed by atoms with Crippen molar-refractivity contribution < 1.29 is 19.4 Å². The number of aromatic nitrogens is 1. The van der Waals surface area contributed by atoms with Crippen LogP contribution in [0.25, 0.3) is 0 Å². The van der Waals surface area contributed by atoms with Gasteiger partial charge in [0.25, 0.3) is 0 Å². The SMILES string of the molecule is O=C(O)CC(NC(=O)OCc1ccccc1)c1nccs1. The molecular formula is C14H14N2O4S. The summed E-state index contributed by atoms with van der Waals surface area (Å²) in [5.41, 5.74) is 0.858. The van der Waals surface area contributed by atoms with E-state index in [9.17, 15) is 9.59 Å². The first kappa shape index (κ1) is 15.0. The molecule has 0 aliphatic rings. The number of amides is 1. The molecule has 2 rings (SSSR count). The fraction of sp³-hybridized carbons (Fsp3) is 0.214. The number of carbonyl (C=O) groups excluding carboxylic acids is 1. The molecular weight excluding hydrogens is 292 g/mol. The van der Waals surface area contributed by atoms with Gasteiger partial charge < -0.3 is 15.2 Å². The zero-order valence-corrected chi connectivity index (χ0v) is 11.9. The summed E-state index contributed by atoms with van der Waals surface area (Å²) in [5, 5.41) is 13.7. The van der Waals surface area contributed by atoms with Crippen molar-refractivity contribution in [2.45, 2.75) is 19.1 Å². The lowest BCUT2D eigenvalue weighted by atomic mass is 10.2. The molecule has 0 aliphatic carbocycles. The second kappa shape index (κ2) is 7.39. The highest BCUT2D eigenvalue weighted by Gasteiger charge is 2.20. The predicted octanol–water partition coefficient (Wildman–Crippen LogP) is 2.59. The smallest absolute Gasteiger partial charge is 0.408 e. The fourth-order valence-corrected chi connectivity index (χ4v) is 2.38. The van der Waals surface area contributed by atoms with Gasteiger partial charge in [-0.3, -0.25) is 4.79 Å². The molecule has 1 aromatic carbocycles. The number of carboxylic acid groups (broad SMARTS) is 1. The summed E-state index contributed by atoms with van der Waals surface area (Å²) in [6, 6.07) is 8.55. The Kier molecular flexibility index (Phi) is 5.28. The molecule has 6 nitrogen and oxygen atoms in total. The number of alkyl carbamates (subject to hydrolysis) is 1. The van der Waals surface area contributed by atoms with Crippen molar-refractivity contribution in [1.29, 1.82) is 0 Å². The monoisotopic (exact) mass is 306 g/mol. The molecule has 1 aromatic heterocycles. The molecule has 1 amide bonds. The summed E-state index contributed by atoms with van der Waals surface area (Å²) in [5.74, 6) is -1.02. The molecule has 2 aromatic rings. The number of hydrogen-bond acceptors (Lipinski definition) is 5. The highest BCUT2D eigenvalue weighted by Crippen LogP contribution is 2.19. The molecule has 21 heavy (non-hydrogen) atoms. The van der Waals surface area contributed by atoms with Gasteiger partial charge in [0.05, 0.1) is 12.5 Å². The highest BCUT2D eigenvalue weighted by molar-refractivity contribution is 7.09. The Labute approximate surface area is 125 Å². The van der Waals surface area contributed by atoms with Gasteiger partial charge in [-0.1, -0.05) is 30.3 Å². The first-order valence-electron chi connectivity index (χ1n) is 6.23. The Bertz CT molecular complexity index is 586. The number of benzene rings is 1. The van der Waals surface area contributed by atoms with Crippen LogP contribution in [-0.4, -0.2) is 22.2 Å². The van der Waals surface area contributed by atoms with E-state index in [1.54, 1.807) is 11.6 Å². The summed E-state index contributed by atoms with van der Waals surface area (Å²) in [6.07, 6.45) is 0.653. The van der Waals surface area contributed by atoms with Crippen LogP contribution in [0.15, 0.2) is 41.9 Å². The van der Waals surface area contributed by atoms with Crippen LogP contribution in [0, 0.1) is 0 Å². The Hall–Kier alpha value is -2.41. The third kappa shape index (κ3) is 4.88. The van der Waals surface area contributed by atoms with E-state index in [0.717, 1.165) is 5.56 Å². The summed E-state index contributed by atoms with van der Waals surface area (Å²) in [4.78, 5) is 26.6. The molecule has 1 atom stereocenters. The minimum Gasteiger partial charge on any atom is -0.481 e. The van der Waals surface area contributed by atoms with Gasteiger partial charge >= 0.3 is 12.1 Å². The van der Waals surface area contributed by atoms with E-state index in [2.05, 4.69) is 10.3 Å². The Balaban J connectivity index is 1.90. The summed E-state index contributed by atoms with van der Waals surface area (Å²) < 4.78 is 5.07. The minimum absolute atomic E-state index is 0.129. The lowest BCUT2D eigenvalue weighted by Crippen LogP contribution is -2.30. The molecule has 0 bridgehead atoms. The molecule has 0 aliphatic heterocycles. The van der Waals surface area contributed by atoms with Crippen molar-refractivity contribution in [2.75, 3.05) is 0 Å². The number of ether oxygens (including phenoxy) is 1. The van der Waals surface area contributed by atoms with Gasteiger partial charge in [0.1, 0.15) is 11.6 Å². The van der Waals surface area contributed by atoms with Gasteiger partial charge in [0.2, 0.25) is 0 Å². The number of thiazole rings is 1. The lowest BCUT2D eigenvalue weighted by molar-refractivity contribution is -0.137. The van der Waals surface area contributed by atoms with Crippen LogP contribution in [0.3, 0.4) is 0 Å². The quantitative estimate of drug-likeness (QED) is 0.856. The van der Waals surface area contributed by atoms with Crippen molar-refractivity contribution in [3.8, 4) is 0 Å². The van der Waals surface area contributed by atoms with Crippen LogP contribution in [0.2, 0.25) is 0 Å². The maximum absolute atomic E-state index is 11.8. The highest BCUT2D eigenvalue weighted by atomic mass is 32.1. The summed E-state index contributed by atoms with van der Waals surface area (Å²) in [7, 11) is 0. The lowest BCUT2D eigenvalue weighted by Gasteiger charge is -2.14. The number of hydrogen-bond donors (Lipinski definition) is 2. The average Bonchev–Trinajstić information content (AvgIpc) is 2.99. The van der Waals surface area contributed by atoms with Crippen molar-refractivity contribution in [3.63, 3.8) is 0 Å². The zero-order valence-electron chi connectivity index (χ0n) is 11.1. The topological polar surface area (TPSA) is 88.5 Å². The minimum atomic E-state index is -1.02. The largest absolute Gasteiger partial charge is 0.481 e. The van der Waals surface area contributed by atoms with Gasteiger partial charge in [-0.25, -0.2) is 9.78 Å². The number of rotatable bonds is 6. The van der Waals surface area contributed by atoms with E-state index >= 15 is 0 Å². The normalized spacial score (nSPS) is 11.6. The molecule has 0 fully saturated rings. The van der Waals surface area contributed by atoms with E-state index in [4.69, 9.17) is 9.84 Å². The van der Waals surface area contributed by atoms with Crippen LogP contribution in [-0.2, 0) is 16.1 Å². The van der Waals surface area contributed by atoms with Crippen molar-refractivity contribution >= 4 is 23.4 Å². The number of carboxylic acids is 1. The van der Waals surface area contributed by atoms with Crippen molar-refractivity contribution in [3.05, 3.63) is 52.5 Å². The van der Waals surface area contributed by atoms with Crippen LogP contribution in [0.5, 0.6) is 0 Å². The molecule has 0 saturated heterocycles. The van der Waals surface area contributed by atoms with E-state index in [1.165, 1.54) is 11.3 Å². The molecule has 1 heterocycles.